The highest BCUT2D eigenvalue weighted by Crippen LogP contribution is 2.24. The molecule has 0 fully saturated rings. The first-order chi connectivity index (χ1) is 15.4. The van der Waals surface area contributed by atoms with Crippen molar-refractivity contribution >= 4 is 41.3 Å². The van der Waals surface area contributed by atoms with Crippen LogP contribution in [0.5, 0.6) is 5.75 Å². The molecule has 1 aromatic heterocycles. The summed E-state index contributed by atoms with van der Waals surface area (Å²) in [5.74, 6) is 0.352. The van der Waals surface area contributed by atoms with Crippen molar-refractivity contribution in [2.45, 2.75) is 19.9 Å². The van der Waals surface area contributed by atoms with E-state index in [1.54, 1.807) is 22.8 Å². The smallest absolute Gasteiger partial charge is 0.337 e. The number of carbonyl (C=O) groups excluding carboxylic acids is 1. The number of hydrogen-bond donors (Lipinski definition) is 0. The van der Waals surface area contributed by atoms with Gasteiger partial charge in [0.25, 0.3) is 5.56 Å². The normalized spacial score (nSPS) is 11.0. The Kier molecular flexibility index (Phi) is 8.14. The summed E-state index contributed by atoms with van der Waals surface area (Å²) in [5, 5.41) is 0.434. The summed E-state index contributed by atoms with van der Waals surface area (Å²) in [6.07, 6.45) is 4.20. The highest BCUT2D eigenvalue weighted by molar-refractivity contribution is 6.35. The molecule has 166 valence electrons. The maximum absolute atomic E-state index is 12.8. The summed E-state index contributed by atoms with van der Waals surface area (Å²) in [7, 11) is 1.34. The first-order valence-corrected chi connectivity index (χ1v) is 10.9. The van der Waals surface area contributed by atoms with Crippen LogP contribution < -0.4 is 10.3 Å². The second-order valence-electron chi connectivity index (χ2n) is 6.92. The fourth-order valence-electron chi connectivity index (χ4n) is 3.25. The van der Waals surface area contributed by atoms with E-state index in [-0.39, 0.29) is 10.6 Å². The Balaban J connectivity index is 1.90. The van der Waals surface area contributed by atoms with Gasteiger partial charge in [-0.05, 0) is 55.3 Å². The predicted molar refractivity (Wildman–Crippen MR) is 129 cm³/mol. The van der Waals surface area contributed by atoms with Gasteiger partial charge in [0.05, 0.1) is 30.0 Å². The Labute approximate surface area is 196 Å². The minimum Gasteiger partial charge on any atom is -0.493 e. The minimum absolute atomic E-state index is 0.0582. The zero-order valence-corrected chi connectivity index (χ0v) is 19.3. The van der Waals surface area contributed by atoms with Gasteiger partial charge in [0.15, 0.2) is 0 Å². The molecule has 0 atom stereocenters. The largest absolute Gasteiger partial charge is 0.493 e. The molecule has 1 heterocycles. The zero-order chi connectivity index (χ0) is 23.1. The quantitative estimate of drug-likeness (QED) is 0.392. The number of carbonyl (C=O) groups is 1. The fraction of sp³-hybridized carbons (Fsp3) is 0.200. The molecule has 0 saturated carbocycles. The van der Waals surface area contributed by atoms with Gasteiger partial charge in [-0.2, -0.15) is 0 Å². The third kappa shape index (κ3) is 5.61. The molecule has 5 nitrogen and oxygen atoms in total. The maximum atomic E-state index is 12.8. The van der Waals surface area contributed by atoms with Gasteiger partial charge in [-0.3, -0.25) is 4.79 Å². The number of ether oxygens (including phenoxy) is 2. The van der Waals surface area contributed by atoms with E-state index >= 15 is 0 Å². The molecule has 32 heavy (non-hydrogen) atoms. The maximum Gasteiger partial charge on any atom is 0.337 e. The number of halogens is 2. The molecule has 2 aromatic carbocycles. The van der Waals surface area contributed by atoms with E-state index < -0.39 is 5.97 Å². The topological polar surface area (TPSA) is 57.5 Å². The molecule has 0 aliphatic heterocycles. The molecular weight excluding hydrogens is 449 g/mol. The third-order valence-electron chi connectivity index (χ3n) is 4.88. The number of aromatic nitrogens is 1. The summed E-state index contributed by atoms with van der Waals surface area (Å²) < 4.78 is 11.9. The van der Waals surface area contributed by atoms with Crippen LogP contribution in [0, 0.1) is 0 Å². The number of para-hydroxylation sites is 1. The number of esters is 1. The third-order valence-corrected chi connectivity index (χ3v) is 5.45. The van der Waals surface area contributed by atoms with Gasteiger partial charge >= 0.3 is 5.97 Å². The van der Waals surface area contributed by atoms with Crippen LogP contribution in [0.25, 0.3) is 12.2 Å². The lowest BCUT2D eigenvalue weighted by Crippen LogP contribution is -2.24. The lowest BCUT2D eigenvalue weighted by atomic mass is 10.1. The van der Waals surface area contributed by atoms with Gasteiger partial charge in [-0.1, -0.05) is 53.5 Å². The van der Waals surface area contributed by atoms with Crippen LogP contribution in [0.3, 0.4) is 0 Å². The fourth-order valence-corrected chi connectivity index (χ4v) is 3.79. The van der Waals surface area contributed by atoms with Crippen molar-refractivity contribution in [3.8, 4) is 5.75 Å². The summed E-state index contributed by atoms with van der Waals surface area (Å²) in [6, 6.07) is 16.1. The second kappa shape index (κ2) is 11.0. The average molecular weight is 472 g/mol. The monoisotopic (exact) mass is 471 g/mol. The van der Waals surface area contributed by atoms with E-state index in [1.807, 2.05) is 49.4 Å². The van der Waals surface area contributed by atoms with Crippen LogP contribution in [0.15, 0.2) is 59.4 Å². The van der Waals surface area contributed by atoms with Crippen molar-refractivity contribution in [1.82, 2.24) is 4.57 Å². The van der Waals surface area contributed by atoms with Gasteiger partial charge in [0.2, 0.25) is 0 Å². The van der Waals surface area contributed by atoms with Crippen molar-refractivity contribution in [3.05, 3.63) is 97.4 Å². The average Bonchev–Trinajstić information content (AvgIpc) is 2.80. The van der Waals surface area contributed by atoms with Gasteiger partial charge in [-0.15, -0.1) is 0 Å². The van der Waals surface area contributed by atoms with Crippen LogP contribution >= 0.6 is 23.2 Å². The summed E-state index contributed by atoms with van der Waals surface area (Å²) >= 11 is 12.6. The first-order valence-electron chi connectivity index (χ1n) is 10.1. The van der Waals surface area contributed by atoms with Crippen molar-refractivity contribution in [1.29, 1.82) is 0 Å². The molecule has 0 aliphatic rings. The van der Waals surface area contributed by atoms with Crippen molar-refractivity contribution < 1.29 is 14.3 Å². The molecule has 0 aliphatic carbocycles. The Morgan fingerprint density at radius 3 is 2.44 bits per heavy atom. The van der Waals surface area contributed by atoms with Crippen LogP contribution in [-0.4, -0.2) is 24.3 Å². The van der Waals surface area contributed by atoms with Gasteiger partial charge in [0, 0.05) is 12.1 Å². The lowest BCUT2D eigenvalue weighted by molar-refractivity contribution is 0.0600. The molecule has 3 aromatic rings. The second-order valence-corrected chi connectivity index (χ2v) is 7.74. The van der Waals surface area contributed by atoms with E-state index in [4.69, 9.17) is 32.7 Å². The summed E-state index contributed by atoms with van der Waals surface area (Å²) in [6.45, 7) is 2.83. The van der Waals surface area contributed by atoms with E-state index in [2.05, 4.69) is 0 Å². The number of nitrogens with zero attached hydrogens (tertiary/aromatic N) is 1. The Morgan fingerprint density at radius 2 is 1.75 bits per heavy atom. The molecule has 0 spiro atoms. The number of methoxy groups -OCH3 is 1. The Bertz CT molecular complexity index is 1180. The minimum atomic E-state index is -0.394. The molecule has 0 unspecified atom stereocenters. The number of pyridine rings is 1. The number of rotatable bonds is 8. The van der Waals surface area contributed by atoms with Crippen LogP contribution in [0.1, 0.15) is 34.1 Å². The van der Waals surface area contributed by atoms with Crippen LogP contribution in [0.4, 0.5) is 0 Å². The Morgan fingerprint density at radius 1 is 1.03 bits per heavy atom. The highest BCUT2D eigenvalue weighted by Gasteiger charge is 2.12. The standard InChI is InChI=1S/C25H23Cl2NO4/c1-3-32-23-7-5-4-6-18(23)12-13-22-20(26)16-21(27)24(29)28(22)15-14-17-8-10-19(11-9-17)25(30)31-2/h4-13,16H,3,14-15H2,1-2H3. The van der Waals surface area contributed by atoms with Crippen LogP contribution in [0.2, 0.25) is 10.0 Å². The molecule has 0 bridgehead atoms. The van der Waals surface area contributed by atoms with Crippen molar-refractivity contribution in [2.75, 3.05) is 13.7 Å². The van der Waals surface area contributed by atoms with E-state index in [9.17, 15) is 9.59 Å². The Hall–Kier alpha value is -3.02. The molecule has 3 rings (SSSR count). The molecule has 0 saturated heterocycles. The van der Waals surface area contributed by atoms with Crippen molar-refractivity contribution in [3.63, 3.8) is 0 Å². The van der Waals surface area contributed by atoms with Gasteiger partial charge in [-0.25, -0.2) is 4.79 Å². The van der Waals surface area contributed by atoms with Gasteiger partial charge < -0.3 is 14.0 Å². The van der Waals surface area contributed by atoms with E-state index in [0.717, 1.165) is 16.9 Å². The first kappa shape index (κ1) is 23.6. The number of benzene rings is 2. The van der Waals surface area contributed by atoms with Crippen molar-refractivity contribution in [2.24, 2.45) is 0 Å². The van der Waals surface area contributed by atoms with E-state index in [1.165, 1.54) is 13.2 Å². The molecule has 7 heteroatoms. The molecule has 0 N–H and O–H groups in total. The number of aryl methyl sites for hydroxylation is 1. The zero-order valence-electron chi connectivity index (χ0n) is 17.8. The molecular formula is C25H23Cl2NO4. The summed E-state index contributed by atoms with van der Waals surface area (Å²) in [4.78, 5) is 24.4. The SMILES string of the molecule is CCOc1ccccc1C=Cc1c(Cl)cc(Cl)c(=O)n1CCc1ccc(C(=O)OC)cc1. The highest BCUT2D eigenvalue weighted by atomic mass is 35.5. The van der Waals surface area contributed by atoms with Crippen LogP contribution in [-0.2, 0) is 17.7 Å². The summed E-state index contributed by atoms with van der Waals surface area (Å²) in [5.41, 5.74) is 2.53. The van der Waals surface area contributed by atoms with Gasteiger partial charge in [0.1, 0.15) is 10.8 Å². The molecule has 0 amide bonds. The predicted octanol–water partition coefficient (Wildman–Crippen LogP) is 5.75. The number of hydrogen-bond acceptors (Lipinski definition) is 4. The molecule has 0 radical (unpaired) electrons. The van der Waals surface area contributed by atoms with E-state index in [0.29, 0.717) is 35.9 Å². The lowest BCUT2D eigenvalue weighted by Gasteiger charge is -2.13.